The molecule has 5 N–H and O–H groups in total. The fourth-order valence-electron chi connectivity index (χ4n) is 2.44. The lowest BCUT2D eigenvalue weighted by atomic mass is 9.98. The third-order valence-electron chi connectivity index (χ3n) is 3.75. The smallest absolute Gasteiger partial charge is 0.187 e. The van der Waals surface area contributed by atoms with Crippen molar-refractivity contribution in [3.8, 4) is 23.0 Å². The number of phenols is 4. The minimum absolute atomic E-state index is 0.191. The van der Waals surface area contributed by atoms with E-state index >= 15 is 0 Å². The zero-order valence-electron chi connectivity index (χ0n) is 12.3. The molecular weight excluding hydrogens is 312 g/mol. The first-order chi connectivity index (χ1) is 11.5. The third kappa shape index (κ3) is 2.74. The van der Waals surface area contributed by atoms with E-state index < -0.39 is 11.5 Å². The summed E-state index contributed by atoms with van der Waals surface area (Å²) >= 11 is 0. The first-order valence-corrected chi connectivity index (χ1v) is 7.05. The summed E-state index contributed by atoms with van der Waals surface area (Å²) in [6.07, 6.45) is 5.26. The Balaban J connectivity index is 1.86. The number of hydrogen-bond donors (Lipinski definition) is 5. The van der Waals surface area contributed by atoms with Crippen molar-refractivity contribution in [2.75, 3.05) is 0 Å². The molecule has 0 aromatic heterocycles. The van der Waals surface area contributed by atoms with E-state index in [2.05, 4.69) is 10.5 Å². The van der Waals surface area contributed by atoms with E-state index in [1.807, 2.05) is 6.08 Å². The van der Waals surface area contributed by atoms with Gasteiger partial charge < -0.3 is 25.7 Å². The standard InChI is InChI=1S/C17H14N2O5/c20-14-4-2-9(6-15(14)21)12-3-1-10(8-18-12)11-5-13(19-24)17(23)16(22)7-11/h1-8,12,18,20-23H. The normalized spacial score (nSPS) is 16.3. The molecule has 1 unspecified atom stereocenters. The molecule has 7 nitrogen and oxygen atoms in total. The van der Waals surface area contributed by atoms with Crippen LogP contribution in [0.15, 0.2) is 53.9 Å². The number of phenolic OH excluding ortho intramolecular Hbond substituents is 4. The number of allylic oxidation sites excluding steroid dienone is 2. The Morgan fingerprint density at radius 2 is 1.75 bits per heavy atom. The van der Waals surface area contributed by atoms with E-state index in [1.54, 1.807) is 18.3 Å². The van der Waals surface area contributed by atoms with Crippen molar-refractivity contribution in [3.63, 3.8) is 0 Å². The van der Waals surface area contributed by atoms with Crippen LogP contribution in [-0.4, -0.2) is 20.4 Å². The maximum Gasteiger partial charge on any atom is 0.187 e. The highest BCUT2D eigenvalue weighted by atomic mass is 16.3. The lowest BCUT2D eigenvalue weighted by molar-refractivity contribution is 0.402. The van der Waals surface area contributed by atoms with Gasteiger partial charge in [0.05, 0.1) is 6.04 Å². The van der Waals surface area contributed by atoms with E-state index in [0.717, 1.165) is 5.56 Å². The summed E-state index contributed by atoms with van der Waals surface area (Å²) in [5.41, 5.74) is 1.69. The first kappa shape index (κ1) is 15.4. The Bertz CT molecular complexity index is 874. The van der Waals surface area contributed by atoms with Gasteiger partial charge in [-0.15, -0.1) is 4.91 Å². The van der Waals surface area contributed by atoms with E-state index in [9.17, 15) is 25.3 Å². The molecule has 122 valence electrons. The Morgan fingerprint density at radius 1 is 0.958 bits per heavy atom. The van der Waals surface area contributed by atoms with Crippen molar-refractivity contribution in [2.45, 2.75) is 6.04 Å². The largest absolute Gasteiger partial charge is 0.504 e. The van der Waals surface area contributed by atoms with Crippen molar-refractivity contribution < 1.29 is 20.4 Å². The number of nitrogens with zero attached hydrogens (tertiary/aromatic N) is 1. The number of dihydropyridines is 1. The molecule has 1 heterocycles. The Labute approximate surface area is 136 Å². The van der Waals surface area contributed by atoms with Crippen LogP contribution in [0, 0.1) is 4.91 Å². The van der Waals surface area contributed by atoms with E-state index in [1.165, 1.54) is 24.3 Å². The SMILES string of the molecule is O=Nc1cc(C2=CNC(c3ccc(O)c(O)c3)C=C2)cc(O)c1O. The molecule has 0 bridgehead atoms. The molecule has 1 aliphatic heterocycles. The average molecular weight is 326 g/mol. The van der Waals surface area contributed by atoms with Crippen LogP contribution in [0.4, 0.5) is 5.69 Å². The van der Waals surface area contributed by atoms with Gasteiger partial charge in [0.2, 0.25) is 0 Å². The minimum atomic E-state index is -0.556. The molecule has 1 atom stereocenters. The van der Waals surface area contributed by atoms with Gasteiger partial charge >= 0.3 is 0 Å². The molecule has 0 saturated carbocycles. The number of hydrogen-bond acceptors (Lipinski definition) is 7. The zero-order valence-corrected chi connectivity index (χ0v) is 12.3. The molecule has 7 heteroatoms. The predicted octanol–water partition coefficient (Wildman–Crippen LogP) is 3.15. The molecule has 3 rings (SSSR count). The second kappa shape index (κ2) is 5.96. The second-order valence-corrected chi connectivity index (χ2v) is 5.31. The van der Waals surface area contributed by atoms with Crippen LogP contribution in [0.2, 0.25) is 0 Å². The van der Waals surface area contributed by atoms with Gasteiger partial charge in [-0.2, -0.15) is 0 Å². The van der Waals surface area contributed by atoms with Gasteiger partial charge in [-0.05, 0) is 46.1 Å². The number of nitroso groups, excluding NO2 is 1. The predicted molar refractivity (Wildman–Crippen MR) is 88.0 cm³/mol. The summed E-state index contributed by atoms with van der Waals surface area (Å²) in [5.74, 6) is -1.38. The van der Waals surface area contributed by atoms with Crippen LogP contribution in [0.3, 0.4) is 0 Å². The fourth-order valence-corrected chi connectivity index (χ4v) is 2.44. The molecule has 0 amide bonds. The molecule has 0 fully saturated rings. The zero-order chi connectivity index (χ0) is 17.3. The highest BCUT2D eigenvalue weighted by molar-refractivity contribution is 5.79. The molecular formula is C17H14N2O5. The highest BCUT2D eigenvalue weighted by Gasteiger charge is 2.16. The Hall–Kier alpha value is -3.48. The third-order valence-corrected chi connectivity index (χ3v) is 3.75. The summed E-state index contributed by atoms with van der Waals surface area (Å²) in [6, 6.07) is 7.02. The molecule has 0 radical (unpaired) electrons. The summed E-state index contributed by atoms with van der Waals surface area (Å²) < 4.78 is 0. The number of benzene rings is 2. The monoisotopic (exact) mass is 326 g/mol. The van der Waals surface area contributed by atoms with Crippen molar-refractivity contribution in [2.24, 2.45) is 5.18 Å². The maximum absolute atomic E-state index is 10.7. The quantitative estimate of drug-likeness (QED) is 0.436. The van der Waals surface area contributed by atoms with Crippen molar-refractivity contribution >= 4 is 11.3 Å². The molecule has 2 aromatic carbocycles. The minimum Gasteiger partial charge on any atom is -0.504 e. The molecule has 2 aromatic rings. The van der Waals surface area contributed by atoms with Crippen molar-refractivity contribution in [1.29, 1.82) is 0 Å². The van der Waals surface area contributed by atoms with Gasteiger partial charge in [-0.3, -0.25) is 0 Å². The maximum atomic E-state index is 10.7. The van der Waals surface area contributed by atoms with Gasteiger partial charge in [0.25, 0.3) is 0 Å². The highest BCUT2D eigenvalue weighted by Crippen LogP contribution is 2.39. The van der Waals surface area contributed by atoms with Gasteiger partial charge in [-0.25, -0.2) is 0 Å². The van der Waals surface area contributed by atoms with Crippen molar-refractivity contribution in [3.05, 3.63) is 64.7 Å². The Morgan fingerprint density at radius 3 is 2.38 bits per heavy atom. The van der Waals surface area contributed by atoms with E-state index in [4.69, 9.17) is 0 Å². The number of rotatable bonds is 3. The topological polar surface area (TPSA) is 122 Å². The lowest BCUT2D eigenvalue weighted by Gasteiger charge is -2.20. The van der Waals surface area contributed by atoms with Gasteiger partial charge in [0, 0.05) is 6.20 Å². The van der Waals surface area contributed by atoms with E-state index in [-0.39, 0.29) is 23.2 Å². The van der Waals surface area contributed by atoms with Crippen LogP contribution in [0.5, 0.6) is 23.0 Å². The summed E-state index contributed by atoms with van der Waals surface area (Å²) in [5, 5.41) is 43.9. The molecule has 0 aliphatic carbocycles. The van der Waals surface area contributed by atoms with E-state index in [0.29, 0.717) is 11.1 Å². The number of aromatic hydroxyl groups is 4. The summed E-state index contributed by atoms with van der Waals surface area (Å²) in [4.78, 5) is 10.7. The van der Waals surface area contributed by atoms with Crippen LogP contribution in [0.1, 0.15) is 17.2 Å². The second-order valence-electron chi connectivity index (χ2n) is 5.31. The lowest BCUT2D eigenvalue weighted by Crippen LogP contribution is -2.16. The summed E-state index contributed by atoms with van der Waals surface area (Å²) in [7, 11) is 0. The van der Waals surface area contributed by atoms with Crippen molar-refractivity contribution in [1.82, 2.24) is 5.32 Å². The van der Waals surface area contributed by atoms with Crippen LogP contribution in [-0.2, 0) is 0 Å². The fraction of sp³-hybridized carbons (Fsp3) is 0.0588. The van der Waals surface area contributed by atoms with Crippen LogP contribution < -0.4 is 5.32 Å². The summed E-state index contributed by atoms with van der Waals surface area (Å²) in [6.45, 7) is 0. The average Bonchev–Trinajstić information content (AvgIpc) is 2.60. The van der Waals surface area contributed by atoms with Gasteiger partial charge in [0.1, 0.15) is 0 Å². The molecule has 0 spiro atoms. The van der Waals surface area contributed by atoms with Gasteiger partial charge in [0.15, 0.2) is 28.7 Å². The van der Waals surface area contributed by atoms with Crippen LogP contribution in [0.25, 0.3) is 5.57 Å². The molecule has 1 aliphatic rings. The Kier molecular flexibility index (Phi) is 3.83. The molecule has 24 heavy (non-hydrogen) atoms. The first-order valence-electron chi connectivity index (χ1n) is 7.05. The van der Waals surface area contributed by atoms with Crippen LogP contribution >= 0.6 is 0 Å². The number of nitrogens with one attached hydrogen (secondary N) is 1. The van der Waals surface area contributed by atoms with Gasteiger partial charge in [-0.1, -0.05) is 18.2 Å². The molecule has 0 saturated heterocycles.